The number of aryl methyl sites for hydroxylation is 2. The number of hydrogen-bond acceptors (Lipinski definition) is 2. The Morgan fingerprint density at radius 2 is 1.38 bits per heavy atom. The number of nitrogens with zero attached hydrogens (tertiary/aromatic N) is 2. The van der Waals surface area contributed by atoms with Gasteiger partial charge in [-0.2, -0.15) is 0 Å². The van der Waals surface area contributed by atoms with Gasteiger partial charge in [-0.1, -0.05) is 42.5 Å². The molecule has 4 rings (SSSR count). The van der Waals surface area contributed by atoms with Crippen LogP contribution in [0.4, 0.5) is 0 Å². The average molecular weight is 310 g/mol. The van der Waals surface area contributed by atoms with Gasteiger partial charge in [-0.25, -0.2) is 0 Å². The van der Waals surface area contributed by atoms with Gasteiger partial charge in [0.2, 0.25) is 0 Å². The monoisotopic (exact) mass is 310 g/mol. The largest absolute Gasteiger partial charge is 0.261 e. The van der Waals surface area contributed by atoms with Crippen molar-refractivity contribution in [2.75, 3.05) is 0 Å². The maximum atomic E-state index is 4.64. The minimum atomic E-state index is 0.954. The van der Waals surface area contributed by atoms with Crippen molar-refractivity contribution in [3.63, 3.8) is 0 Å². The van der Waals surface area contributed by atoms with E-state index in [1.807, 2.05) is 19.3 Å². The second kappa shape index (κ2) is 5.89. The Labute approximate surface area is 141 Å². The van der Waals surface area contributed by atoms with Crippen LogP contribution in [0.5, 0.6) is 0 Å². The molecule has 2 heterocycles. The number of aromatic nitrogens is 2. The summed E-state index contributed by atoms with van der Waals surface area (Å²) in [4.78, 5) is 9.07. The molecule has 0 fully saturated rings. The lowest BCUT2D eigenvalue weighted by Gasteiger charge is -2.07. The molecule has 0 atom stereocenters. The molecule has 116 valence electrons. The average Bonchev–Trinajstić information content (AvgIpc) is 2.64. The third kappa shape index (κ3) is 2.67. The summed E-state index contributed by atoms with van der Waals surface area (Å²) in [7, 11) is 0. The molecule has 0 unspecified atom stereocenters. The number of fused-ring (bicyclic) bond motifs is 1. The van der Waals surface area contributed by atoms with Crippen LogP contribution >= 0.6 is 0 Å². The van der Waals surface area contributed by atoms with E-state index < -0.39 is 0 Å². The molecule has 0 radical (unpaired) electrons. The van der Waals surface area contributed by atoms with E-state index in [2.05, 4.69) is 77.6 Å². The summed E-state index contributed by atoms with van der Waals surface area (Å²) in [6, 6.07) is 21.3. The molecule has 24 heavy (non-hydrogen) atoms. The van der Waals surface area contributed by atoms with Crippen molar-refractivity contribution in [2.45, 2.75) is 13.8 Å². The summed E-state index contributed by atoms with van der Waals surface area (Å²) in [5.41, 5.74) is 6.57. The van der Waals surface area contributed by atoms with Crippen LogP contribution in [-0.2, 0) is 0 Å². The van der Waals surface area contributed by atoms with Crippen molar-refractivity contribution in [1.29, 1.82) is 0 Å². The van der Waals surface area contributed by atoms with Crippen molar-refractivity contribution in [1.82, 2.24) is 9.97 Å². The highest BCUT2D eigenvalue weighted by molar-refractivity contribution is 5.87. The number of pyridine rings is 2. The van der Waals surface area contributed by atoms with Crippen LogP contribution < -0.4 is 0 Å². The van der Waals surface area contributed by atoms with E-state index in [0.29, 0.717) is 0 Å². The second-order valence-electron chi connectivity index (χ2n) is 6.12. The van der Waals surface area contributed by atoms with Crippen LogP contribution in [0.25, 0.3) is 33.2 Å². The van der Waals surface area contributed by atoms with E-state index in [-0.39, 0.29) is 0 Å². The molecule has 0 aliphatic rings. The number of hydrogen-bond donors (Lipinski definition) is 0. The Morgan fingerprint density at radius 3 is 2.12 bits per heavy atom. The molecule has 0 aliphatic heterocycles. The van der Waals surface area contributed by atoms with Crippen molar-refractivity contribution >= 4 is 10.8 Å². The molecule has 4 aromatic rings. The van der Waals surface area contributed by atoms with Crippen LogP contribution in [0.15, 0.2) is 73.1 Å². The molecule has 0 aliphatic carbocycles. The maximum Gasteiger partial charge on any atom is 0.0718 e. The molecule has 2 nitrogen and oxygen atoms in total. The molecule has 2 aromatic carbocycles. The van der Waals surface area contributed by atoms with Crippen LogP contribution in [0.3, 0.4) is 0 Å². The first kappa shape index (κ1) is 14.6. The van der Waals surface area contributed by atoms with Crippen LogP contribution in [0.1, 0.15) is 11.3 Å². The van der Waals surface area contributed by atoms with Gasteiger partial charge in [-0.3, -0.25) is 9.97 Å². The molecule has 2 heteroatoms. The fraction of sp³-hybridized carbons (Fsp3) is 0.0909. The highest BCUT2D eigenvalue weighted by Crippen LogP contribution is 2.26. The highest BCUT2D eigenvalue weighted by Gasteiger charge is 2.04. The van der Waals surface area contributed by atoms with E-state index in [9.17, 15) is 0 Å². The smallest absolute Gasteiger partial charge is 0.0718 e. The Hall–Kier alpha value is -3.00. The van der Waals surface area contributed by atoms with E-state index in [4.69, 9.17) is 0 Å². The molecule has 0 saturated carbocycles. The lowest BCUT2D eigenvalue weighted by atomic mass is 10.0. The van der Waals surface area contributed by atoms with Crippen molar-refractivity contribution in [3.8, 4) is 22.4 Å². The predicted molar refractivity (Wildman–Crippen MR) is 99.9 cm³/mol. The van der Waals surface area contributed by atoms with Crippen LogP contribution in [0, 0.1) is 13.8 Å². The van der Waals surface area contributed by atoms with Crippen molar-refractivity contribution < 1.29 is 0 Å². The first-order valence-corrected chi connectivity index (χ1v) is 8.09. The first-order valence-electron chi connectivity index (χ1n) is 8.09. The lowest BCUT2D eigenvalue weighted by Crippen LogP contribution is -1.90. The highest BCUT2D eigenvalue weighted by atomic mass is 14.7. The van der Waals surface area contributed by atoms with Crippen molar-refractivity contribution in [3.05, 3.63) is 84.3 Å². The normalized spacial score (nSPS) is 10.9. The lowest BCUT2D eigenvalue weighted by molar-refractivity contribution is 1.15. The zero-order valence-corrected chi connectivity index (χ0v) is 13.8. The summed E-state index contributed by atoms with van der Waals surface area (Å²) < 4.78 is 0. The molecular weight excluding hydrogens is 292 g/mol. The van der Waals surface area contributed by atoms with Gasteiger partial charge in [0.1, 0.15) is 0 Å². The van der Waals surface area contributed by atoms with Gasteiger partial charge in [-0.15, -0.1) is 0 Å². The molecular formula is C22H18N2. The Balaban J connectivity index is 1.70. The Bertz CT molecular complexity index is 1020. The van der Waals surface area contributed by atoms with Gasteiger partial charge >= 0.3 is 0 Å². The summed E-state index contributed by atoms with van der Waals surface area (Å²) >= 11 is 0. The van der Waals surface area contributed by atoms with Gasteiger partial charge < -0.3 is 0 Å². The molecule has 0 saturated heterocycles. The van der Waals surface area contributed by atoms with Crippen LogP contribution in [0.2, 0.25) is 0 Å². The molecule has 0 N–H and O–H groups in total. The van der Waals surface area contributed by atoms with E-state index >= 15 is 0 Å². The zero-order valence-electron chi connectivity index (χ0n) is 13.8. The summed E-state index contributed by atoms with van der Waals surface area (Å²) in [6.45, 7) is 4.10. The van der Waals surface area contributed by atoms with Gasteiger partial charge in [-0.05, 0) is 53.9 Å². The molecule has 0 spiro atoms. The topological polar surface area (TPSA) is 25.8 Å². The van der Waals surface area contributed by atoms with E-state index in [1.54, 1.807) is 0 Å². The fourth-order valence-corrected chi connectivity index (χ4v) is 2.89. The minimum Gasteiger partial charge on any atom is -0.261 e. The van der Waals surface area contributed by atoms with Gasteiger partial charge in [0.05, 0.1) is 5.69 Å². The standard InChI is InChI=1S/C22H18N2/c1-15-11-21(14-23-16(15)2)22-10-9-20(13-24-22)19-8-7-17-5-3-4-6-18(17)12-19/h3-14H,1-2H3. The summed E-state index contributed by atoms with van der Waals surface area (Å²) in [6.07, 6.45) is 3.83. The SMILES string of the molecule is Cc1cc(-c2ccc(-c3ccc4ccccc4c3)cn2)cnc1C. The molecule has 2 aromatic heterocycles. The fourth-order valence-electron chi connectivity index (χ4n) is 2.89. The predicted octanol–water partition coefficient (Wildman–Crippen LogP) is 5.58. The quantitative estimate of drug-likeness (QED) is 0.483. The Morgan fingerprint density at radius 1 is 0.625 bits per heavy atom. The first-order chi connectivity index (χ1) is 11.7. The zero-order chi connectivity index (χ0) is 16.5. The summed E-state index contributed by atoms with van der Waals surface area (Å²) in [5.74, 6) is 0. The van der Waals surface area contributed by atoms with Crippen molar-refractivity contribution in [2.24, 2.45) is 0 Å². The summed E-state index contributed by atoms with van der Waals surface area (Å²) in [5, 5.41) is 2.50. The van der Waals surface area contributed by atoms with E-state index in [1.165, 1.54) is 21.9 Å². The third-order valence-electron chi connectivity index (χ3n) is 4.48. The second-order valence-corrected chi connectivity index (χ2v) is 6.12. The number of rotatable bonds is 2. The Kier molecular flexibility index (Phi) is 3.58. The third-order valence-corrected chi connectivity index (χ3v) is 4.48. The van der Waals surface area contributed by atoms with Crippen LogP contribution in [-0.4, -0.2) is 9.97 Å². The number of benzene rings is 2. The van der Waals surface area contributed by atoms with Gasteiger partial charge in [0, 0.05) is 29.2 Å². The van der Waals surface area contributed by atoms with E-state index in [0.717, 1.165) is 22.5 Å². The minimum absolute atomic E-state index is 0.954. The van der Waals surface area contributed by atoms with Gasteiger partial charge in [0.15, 0.2) is 0 Å². The molecule has 0 bridgehead atoms. The maximum absolute atomic E-state index is 4.64. The molecule has 0 amide bonds. The van der Waals surface area contributed by atoms with Gasteiger partial charge in [0.25, 0.3) is 0 Å².